The molecule has 200 valence electrons. The number of H-pyrrole nitrogens is 1. The lowest BCUT2D eigenvalue weighted by Gasteiger charge is -2.23. The molecule has 0 fully saturated rings. The van der Waals surface area contributed by atoms with E-state index in [1.807, 2.05) is 63.2 Å². The topological polar surface area (TPSA) is 103 Å². The van der Waals surface area contributed by atoms with E-state index in [0.29, 0.717) is 22.3 Å². The van der Waals surface area contributed by atoms with Crippen LogP contribution in [0.4, 0.5) is 4.39 Å². The summed E-state index contributed by atoms with van der Waals surface area (Å²) >= 11 is 0. The van der Waals surface area contributed by atoms with Crippen molar-refractivity contribution in [1.82, 2.24) is 14.5 Å². The van der Waals surface area contributed by atoms with Crippen molar-refractivity contribution in [3.8, 4) is 16.8 Å². The van der Waals surface area contributed by atoms with Crippen LogP contribution in [-0.4, -0.2) is 27.6 Å². The molecular formula is C32H27FN4O3. The molecular weight excluding hydrogens is 507 g/mol. The standard InChI is InChI=1S/C32H27FN4O3/c1-17-20(6-5-7-27(17)37-16-35-25-13-9-19(33)15-24(25)31(37)39)21-11-12-23(30(34)38)29-28(21)22-10-8-18(14-26(22)36-29)32(2,3)40-4/h5-16,36H,1-4H3,(H2,34,38). The molecule has 7 nitrogen and oxygen atoms in total. The van der Waals surface area contributed by atoms with Gasteiger partial charge in [0, 0.05) is 23.4 Å². The maximum absolute atomic E-state index is 13.9. The number of methoxy groups -OCH3 is 1. The van der Waals surface area contributed by atoms with Crippen LogP contribution < -0.4 is 11.3 Å². The van der Waals surface area contributed by atoms with Gasteiger partial charge in [-0.15, -0.1) is 0 Å². The van der Waals surface area contributed by atoms with E-state index in [0.717, 1.165) is 38.5 Å². The Morgan fingerprint density at radius 3 is 2.58 bits per heavy atom. The number of rotatable bonds is 5. The lowest BCUT2D eigenvalue weighted by Crippen LogP contribution is -2.20. The van der Waals surface area contributed by atoms with Gasteiger partial charge in [-0.05, 0) is 79.4 Å². The summed E-state index contributed by atoms with van der Waals surface area (Å²) in [6.07, 6.45) is 1.46. The predicted molar refractivity (Wildman–Crippen MR) is 155 cm³/mol. The minimum atomic E-state index is -0.535. The quantitative estimate of drug-likeness (QED) is 0.278. The summed E-state index contributed by atoms with van der Waals surface area (Å²) in [7, 11) is 1.67. The van der Waals surface area contributed by atoms with Crippen LogP contribution in [0.25, 0.3) is 49.5 Å². The van der Waals surface area contributed by atoms with Crippen molar-refractivity contribution >= 4 is 38.6 Å². The second kappa shape index (κ2) is 9.14. The molecule has 0 saturated heterocycles. The van der Waals surface area contributed by atoms with Crippen LogP contribution in [0.1, 0.15) is 35.3 Å². The van der Waals surface area contributed by atoms with E-state index in [-0.39, 0.29) is 10.9 Å². The summed E-state index contributed by atoms with van der Waals surface area (Å²) in [5, 5.41) is 1.97. The number of carbonyl (C=O) groups excluding carboxylic acids is 1. The maximum atomic E-state index is 13.9. The molecule has 0 unspecified atom stereocenters. The van der Waals surface area contributed by atoms with Crippen LogP contribution in [0, 0.1) is 12.7 Å². The van der Waals surface area contributed by atoms with Crippen LogP contribution in [0.15, 0.2) is 77.9 Å². The van der Waals surface area contributed by atoms with E-state index in [9.17, 15) is 14.0 Å². The van der Waals surface area contributed by atoms with Crippen LogP contribution in [0.2, 0.25) is 0 Å². The fourth-order valence-corrected chi connectivity index (χ4v) is 5.38. The number of primary amides is 1. The van der Waals surface area contributed by atoms with Gasteiger partial charge >= 0.3 is 0 Å². The van der Waals surface area contributed by atoms with E-state index in [1.54, 1.807) is 13.2 Å². The number of amides is 1. The number of nitrogens with two attached hydrogens (primary N) is 1. The smallest absolute Gasteiger partial charge is 0.265 e. The minimum Gasteiger partial charge on any atom is -0.374 e. The highest BCUT2D eigenvalue weighted by molar-refractivity contribution is 6.20. The zero-order valence-corrected chi connectivity index (χ0v) is 22.5. The molecule has 6 rings (SSSR count). The number of hydrogen-bond acceptors (Lipinski definition) is 4. The van der Waals surface area contributed by atoms with Crippen molar-refractivity contribution in [2.75, 3.05) is 7.11 Å². The highest BCUT2D eigenvalue weighted by atomic mass is 19.1. The summed E-state index contributed by atoms with van der Waals surface area (Å²) in [6.45, 7) is 5.91. The molecule has 8 heteroatoms. The molecule has 0 aliphatic rings. The molecule has 0 saturated carbocycles. The Kier molecular flexibility index (Phi) is 5.81. The number of aromatic amines is 1. The molecule has 2 heterocycles. The lowest BCUT2D eigenvalue weighted by atomic mass is 9.92. The third kappa shape index (κ3) is 3.87. The SMILES string of the molecule is COC(C)(C)c1ccc2c(c1)[nH]c1c(C(N)=O)ccc(-c3cccc(-n4cnc5ccc(F)cc5c4=O)c3C)c12. The first-order chi connectivity index (χ1) is 19.1. The summed E-state index contributed by atoms with van der Waals surface area (Å²) in [6, 6.07) is 19.3. The number of fused-ring (bicyclic) bond motifs is 4. The second-order valence-corrected chi connectivity index (χ2v) is 10.4. The van der Waals surface area contributed by atoms with Gasteiger partial charge in [-0.2, -0.15) is 0 Å². The Bertz CT molecular complexity index is 2060. The monoisotopic (exact) mass is 534 g/mol. The minimum absolute atomic E-state index is 0.201. The Labute approximate surface area is 229 Å². The van der Waals surface area contributed by atoms with Crippen LogP contribution >= 0.6 is 0 Å². The van der Waals surface area contributed by atoms with Gasteiger partial charge in [0.15, 0.2) is 0 Å². The molecule has 4 aromatic carbocycles. The Morgan fingerprint density at radius 2 is 1.82 bits per heavy atom. The Balaban J connectivity index is 1.62. The fourth-order valence-electron chi connectivity index (χ4n) is 5.38. The Hall–Kier alpha value is -4.82. The van der Waals surface area contributed by atoms with Gasteiger partial charge in [-0.1, -0.05) is 30.3 Å². The van der Waals surface area contributed by atoms with Gasteiger partial charge in [0.05, 0.1) is 33.3 Å². The summed E-state index contributed by atoms with van der Waals surface area (Å²) in [5.74, 6) is -1.03. The van der Waals surface area contributed by atoms with Gasteiger partial charge in [-0.3, -0.25) is 14.2 Å². The van der Waals surface area contributed by atoms with Gasteiger partial charge in [0.2, 0.25) is 0 Å². The molecule has 0 bridgehead atoms. The third-order valence-corrected chi connectivity index (χ3v) is 7.80. The number of hydrogen-bond donors (Lipinski definition) is 2. The number of halogens is 1. The first kappa shape index (κ1) is 25.5. The number of nitrogens with zero attached hydrogens (tertiary/aromatic N) is 2. The van der Waals surface area contributed by atoms with Gasteiger partial charge < -0.3 is 15.5 Å². The normalized spacial score (nSPS) is 12.0. The molecule has 6 aromatic rings. The van der Waals surface area contributed by atoms with Crippen molar-refractivity contribution in [2.24, 2.45) is 5.73 Å². The van der Waals surface area contributed by atoms with E-state index < -0.39 is 17.3 Å². The van der Waals surface area contributed by atoms with Crippen LogP contribution in [0.5, 0.6) is 0 Å². The molecule has 0 aliphatic carbocycles. The van der Waals surface area contributed by atoms with Crippen molar-refractivity contribution in [3.63, 3.8) is 0 Å². The van der Waals surface area contributed by atoms with Crippen LogP contribution in [0.3, 0.4) is 0 Å². The molecule has 3 N–H and O–H groups in total. The zero-order valence-electron chi connectivity index (χ0n) is 22.5. The molecule has 2 aromatic heterocycles. The van der Waals surface area contributed by atoms with Crippen molar-refractivity contribution < 1.29 is 13.9 Å². The van der Waals surface area contributed by atoms with E-state index in [4.69, 9.17) is 10.5 Å². The van der Waals surface area contributed by atoms with Crippen molar-refractivity contribution in [1.29, 1.82) is 0 Å². The van der Waals surface area contributed by atoms with Gasteiger partial charge in [0.25, 0.3) is 11.5 Å². The number of carbonyl (C=O) groups is 1. The van der Waals surface area contributed by atoms with E-state index >= 15 is 0 Å². The first-order valence-corrected chi connectivity index (χ1v) is 12.8. The molecule has 0 aliphatic heterocycles. The summed E-state index contributed by atoms with van der Waals surface area (Å²) in [5.41, 5.74) is 11.4. The number of nitrogens with one attached hydrogen (secondary N) is 1. The fraction of sp³-hybridized carbons (Fsp3) is 0.156. The predicted octanol–water partition coefficient (Wildman–Crippen LogP) is 6.12. The lowest BCUT2D eigenvalue weighted by molar-refractivity contribution is 0.0193. The zero-order chi connectivity index (χ0) is 28.3. The number of benzene rings is 4. The summed E-state index contributed by atoms with van der Waals surface area (Å²) in [4.78, 5) is 33.6. The second-order valence-electron chi connectivity index (χ2n) is 10.4. The highest BCUT2D eigenvalue weighted by Crippen LogP contribution is 2.40. The highest BCUT2D eigenvalue weighted by Gasteiger charge is 2.23. The van der Waals surface area contributed by atoms with Crippen molar-refractivity contribution in [2.45, 2.75) is 26.4 Å². The first-order valence-electron chi connectivity index (χ1n) is 12.8. The number of ether oxygens (including phenoxy) is 1. The van der Waals surface area contributed by atoms with E-state index in [1.165, 1.54) is 29.1 Å². The van der Waals surface area contributed by atoms with Crippen LogP contribution in [-0.2, 0) is 10.3 Å². The molecule has 0 spiro atoms. The molecule has 1 amide bonds. The third-order valence-electron chi connectivity index (χ3n) is 7.80. The summed E-state index contributed by atoms with van der Waals surface area (Å²) < 4.78 is 21.1. The maximum Gasteiger partial charge on any atom is 0.265 e. The van der Waals surface area contributed by atoms with E-state index in [2.05, 4.69) is 9.97 Å². The van der Waals surface area contributed by atoms with Crippen molar-refractivity contribution in [3.05, 3.63) is 106 Å². The number of aromatic nitrogens is 3. The average molecular weight is 535 g/mol. The van der Waals surface area contributed by atoms with Gasteiger partial charge in [0.1, 0.15) is 12.1 Å². The van der Waals surface area contributed by atoms with Gasteiger partial charge in [-0.25, -0.2) is 9.37 Å². The molecule has 40 heavy (non-hydrogen) atoms. The largest absolute Gasteiger partial charge is 0.374 e. The molecule has 0 radical (unpaired) electrons. The molecule has 0 atom stereocenters. The Morgan fingerprint density at radius 1 is 1.02 bits per heavy atom. The average Bonchev–Trinajstić information content (AvgIpc) is 3.32.